The molecule has 3 aromatic rings. The summed E-state index contributed by atoms with van der Waals surface area (Å²) in [5.41, 5.74) is 2.56. The van der Waals surface area contributed by atoms with Crippen molar-refractivity contribution in [2.24, 2.45) is 0 Å². The molecular formula is C26H18Br2N4O4S. The standard InChI is InChI=1S/C26H18Br2N4O4S/c27-21-10-16(11-22(28)24(21)36-14-15-4-3-5-18(9-15)32(34)35)8-17(12-29)25(33)31-26-20(13-30)19-6-1-2-7-23(19)37-26/h3-5,8-11H,1-2,6-7,14H2,(H,31,33)/b17-8+. The van der Waals surface area contributed by atoms with Gasteiger partial charge in [0.05, 0.1) is 19.4 Å². The third kappa shape index (κ3) is 6.08. The van der Waals surface area contributed by atoms with Crippen molar-refractivity contribution < 1.29 is 14.5 Å². The Morgan fingerprint density at radius 1 is 1.19 bits per heavy atom. The van der Waals surface area contributed by atoms with Gasteiger partial charge in [-0.1, -0.05) is 12.1 Å². The van der Waals surface area contributed by atoms with Crippen LogP contribution in [0.15, 0.2) is 50.9 Å². The number of hydrogen-bond donors (Lipinski definition) is 1. The van der Waals surface area contributed by atoms with Gasteiger partial charge in [-0.2, -0.15) is 10.5 Å². The van der Waals surface area contributed by atoms with E-state index in [0.29, 0.717) is 36.4 Å². The van der Waals surface area contributed by atoms with Crippen LogP contribution < -0.4 is 10.1 Å². The van der Waals surface area contributed by atoms with Crippen molar-refractivity contribution in [3.05, 3.63) is 88.2 Å². The number of nitro benzene ring substituents is 1. The van der Waals surface area contributed by atoms with E-state index in [4.69, 9.17) is 4.74 Å². The van der Waals surface area contributed by atoms with Gasteiger partial charge in [-0.25, -0.2) is 0 Å². The predicted octanol–water partition coefficient (Wildman–Crippen LogP) is 7.06. The zero-order chi connectivity index (χ0) is 26.5. The SMILES string of the molecule is N#C/C(=C\c1cc(Br)c(OCc2cccc([N+](=O)[O-])c2)c(Br)c1)C(=O)Nc1sc2c(c1C#N)CCCC2. The second kappa shape index (κ2) is 11.7. The number of amides is 1. The number of nitrogens with zero attached hydrogens (tertiary/aromatic N) is 3. The van der Waals surface area contributed by atoms with E-state index in [2.05, 4.69) is 43.2 Å². The molecule has 1 aliphatic carbocycles. The van der Waals surface area contributed by atoms with Crippen LogP contribution in [0.3, 0.4) is 0 Å². The van der Waals surface area contributed by atoms with E-state index in [1.807, 2.05) is 6.07 Å². The molecule has 0 atom stereocenters. The zero-order valence-corrected chi connectivity index (χ0v) is 23.2. The summed E-state index contributed by atoms with van der Waals surface area (Å²) in [6, 6.07) is 13.7. The number of aryl methyl sites for hydroxylation is 1. The maximum absolute atomic E-state index is 12.9. The molecule has 8 nitrogen and oxygen atoms in total. The maximum atomic E-state index is 12.9. The molecule has 4 rings (SSSR count). The second-order valence-electron chi connectivity index (χ2n) is 8.18. The number of hydrogen-bond acceptors (Lipinski definition) is 7. The van der Waals surface area contributed by atoms with Crippen LogP contribution in [0.4, 0.5) is 10.7 Å². The van der Waals surface area contributed by atoms with Gasteiger partial charge in [0.2, 0.25) is 0 Å². The summed E-state index contributed by atoms with van der Waals surface area (Å²) in [4.78, 5) is 24.5. The number of nitrogens with one attached hydrogen (secondary N) is 1. The smallest absolute Gasteiger partial charge is 0.269 e. The van der Waals surface area contributed by atoms with Crippen LogP contribution in [0, 0.1) is 32.8 Å². The minimum atomic E-state index is -0.587. The largest absolute Gasteiger partial charge is 0.487 e. The summed E-state index contributed by atoms with van der Waals surface area (Å²) in [6.07, 6.45) is 5.24. The highest BCUT2D eigenvalue weighted by atomic mass is 79.9. The summed E-state index contributed by atoms with van der Waals surface area (Å²) < 4.78 is 6.98. The van der Waals surface area contributed by atoms with Gasteiger partial charge < -0.3 is 10.1 Å². The van der Waals surface area contributed by atoms with Gasteiger partial charge in [-0.15, -0.1) is 11.3 Å². The number of benzene rings is 2. The van der Waals surface area contributed by atoms with Gasteiger partial charge in [-0.05, 0) is 92.4 Å². The van der Waals surface area contributed by atoms with Crippen molar-refractivity contribution in [2.45, 2.75) is 32.3 Å². The van der Waals surface area contributed by atoms with E-state index >= 15 is 0 Å². The molecule has 1 amide bonds. The maximum Gasteiger partial charge on any atom is 0.269 e. The number of anilines is 1. The Morgan fingerprint density at radius 3 is 2.59 bits per heavy atom. The lowest BCUT2D eigenvalue weighted by Crippen LogP contribution is -2.13. The summed E-state index contributed by atoms with van der Waals surface area (Å²) in [7, 11) is 0. The lowest BCUT2D eigenvalue weighted by atomic mass is 9.96. The van der Waals surface area contributed by atoms with Crippen LogP contribution in [0.5, 0.6) is 5.75 Å². The Kier molecular flexibility index (Phi) is 8.39. The number of nitro groups is 1. The molecule has 186 valence electrons. The lowest BCUT2D eigenvalue weighted by molar-refractivity contribution is -0.384. The number of halogens is 2. The highest BCUT2D eigenvalue weighted by Gasteiger charge is 2.23. The monoisotopic (exact) mass is 640 g/mol. The van der Waals surface area contributed by atoms with Crippen molar-refractivity contribution in [1.29, 1.82) is 10.5 Å². The molecule has 0 aliphatic heterocycles. The molecule has 1 heterocycles. The van der Waals surface area contributed by atoms with E-state index in [1.165, 1.54) is 29.5 Å². The molecule has 0 spiro atoms. The van der Waals surface area contributed by atoms with E-state index in [-0.39, 0.29) is 17.9 Å². The number of fused-ring (bicyclic) bond motifs is 1. The average Bonchev–Trinajstić information content (AvgIpc) is 3.23. The highest BCUT2D eigenvalue weighted by molar-refractivity contribution is 9.11. The molecule has 0 saturated heterocycles. The topological polar surface area (TPSA) is 129 Å². The Bertz CT molecular complexity index is 1490. The van der Waals surface area contributed by atoms with Crippen molar-refractivity contribution in [2.75, 3.05) is 5.32 Å². The summed E-state index contributed by atoms with van der Waals surface area (Å²) in [5.74, 6) is -0.120. The fraction of sp³-hybridized carbons (Fsp3) is 0.192. The number of thiophene rings is 1. The van der Waals surface area contributed by atoms with E-state index in [0.717, 1.165) is 36.1 Å². The number of carbonyl (C=O) groups is 1. The van der Waals surface area contributed by atoms with E-state index < -0.39 is 10.8 Å². The first-order valence-electron chi connectivity index (χ1n) is 11.1. The van der Waals surface area contributed by atoms with Crippen LogP contribution in [0.2, 0.25) is 0 Å². The first-order chi connectivity index (χ1) is 17.8. The van der Waals surface area contributed by atoms with Crippen molar-refractivity contribution in [3.8, 4) is 17.9 Å². The highest BCUT2D eigenvalue weighted by Crippen LogP contribution is 2.38. The summed E-state index contributed by atoms with van der Waals surface area (Å²) in [6.45, 7) is 0.103. The number of rotatable bonds is 7. The molecule has 1 aromatic heterocycles. The first-order valence-corrected chi connectivity index (χ1v) is 13.5. The zero-order valence-electron chi connectivity index (χ0n) is 19.2. The second-order valence-corrected chi connectivity index (χ2v) is 11.0. The first kappa shape index (κ1) is 26.6. The molecule has 0 radical (unpaired) electrons. The molecule has 0 unspecified atom stereocenters. The molecule has 0 bridgehead atoms. The van der Waals surface area contributed by atoms with E-state index in [1.54, 1.807) is 24.3 Å². The average molecular weight is 642 g/mol. The molecule has 0 saturated carbocycles. The molecule has 37 heavy (non-hydrogen) atoms. The number of ether oxygens (including phenoxy) is 1. The molecule has 0 fully saturated rings. The third-order valence-electron chi connectivity index (χ3n) is 5.71. The summed E-state index contributed by atoms with van der Waals surface area (Å²) in [5, 5.41) is 33.5. The Morgan fingerprint density at radius 2 is 1.92 bits per heavy atom. The number of carbonyl (C=O) groups excluding carboxylic acids is 1. The molecule has 2 aromatic carbocycles. The molecule has 11 heteroatoms. The predicted molar refractivity (Wildman–Crippen MR) is 147 cm³/mol. The van der Waals surface area contributed by atoms with Gasteiger partial charge in [0.15, 0.2) is 0 Å². The normalized spacial score (nSPS) is 12.7. The quantitative estimate of drug-likeness (QED) is 0.127. The van der Waals surface area contributed by atoms with Crippen LogP contribution in [0.25, 0.3) is 6.08 Å². The van der Waals surface area contributed by atoms with Gasteiger partial charge in [0.1, 0.15) is 35.1 Å². The van der Waals surface area contributed by atoms with Crippen molar-refractivity contribution >= 4 is 65.9 Å². The fourth-order valence-electron chi connectivity index (χ4n) is 3.97. The van der Waals surface area contributed by atoms with Crippen molar-refractivity contribution in [3.63, 3.8) is 0 Å². The number of non-ortho nitro benzene ring substituents is 1. The van der Waals surface area contributed by atoms with Gasteiger partial charge in [0.25, 0.3) is 11.6 Å². The van der Waals surface area contributed by atoms with Crippen LogP contribution in [0.1, 0.15) is 40.0 Å². The summed E-state index contributed by atoms with van der Waals surface area (Å²) >= 11 is 8.31. The third-order valence-corrected chi connectivity index (χ3v) is 8.10. The minimum Gasteiger partial charge on any atom is -0.487 e. The minimum absolute atomic E-state index is 0.0216. The fourth-order valence-corrected chi connectivity index (χ4v) is 6.66. The Balaban J connectivity index is 1.52. The Labute approximate surface area is 233 Å². The van der Waals surface area contributed by atoms with E-state index in [9.17, 15) is 25.4 Å². The van der Waals surface area contributed by atoms with Gasteiger partial charge in [-0.3, -0.25) is 14.9 Å². The van der Waals surface area contributed by atoms with Crippen LogP contribution >= 0.6 is 43.2 Å². The number of nitriles is 2. The lowest BCUT2D eigenvalue weighted by Gasteiger charge is -2.12. The molecule has 1 aliphatic rings. The van der Waals surface area contributed by atoms with Gasteiger partial charge >= 0.3 is 0 Å². The molecule has 1 N–H and O–H groups in total. The van der Waals surface area contributed by atoms with Crippen LogP contribution in [-0.2, 0) is 24.2 Å². The van der Waals surface area contributed by atoms with Crippen LogP contribution in [-0.4, -0.2) is 10.8 Å². The van der Waals surface area contributed by atoms with Crippen molar-refractivity contribution in [1.82, 2.24) is 0 Å². The Hall–Kier alpha value is -3.51. The van der Waals surface area contributed by atoms with Gasteiger partial charge in [0, 0.05) is 17.0 Å². The molecular weight excluding hydrogens is 624 g/mol.